The first kappa shape index (κ1) is 31.9. The number of halogens is 1. The van der Waals surface area contributed by atoms with Gasteiger partial charge < -0.3 is 14.6 Å². The lowest BCUT2D eigenvalue weighted by Gasteiger charge is -2.14. The predicted molar refractivity (Wildman–Crippen MR) is 199 cm³/mol. The van der Waals surface area contributed by atoms with Crippen LogP contribution in [0.4, 0.5) is 0 Å². The maximum atomic E-state index is 12.5. The van der Waals surface area contributed by atoms with Crippen molar-refractivity contribution in [2.75, 3.05) is 0 Å². The van der Waals surface area contributed by atoms with E-state index in [0.717, 1.165) is 48.3 Å². The van der Waals surface area contributed by atoms with Crippen LogP contribution in [0, 0.1) is 0 Å². The summed E-state index contributed by atoms with van der Waals surface area (Å²) < 4.78 is 13.8. The summed E-state index contributed by atoms with van der Waals surface area (Å²) in [5.41, 5.74) is 6.86. The third-order valence-corrected chi connectivity index (χ3v) is 9.46. The molecule has 2 heterocycles. The van der Waals surface area contributed by atoms with E-state index >= 15 is 0 Å². The van der Waals surface area contributed by atoms with Crippen LogP contribution in [0.25, 0.3) is 44.0 Å². The molecule has 5 aromatic carbocycles. The maximum Gasteiger partial charge on any atom is 0.336 e. The van der Waals surface area contributed by atoms with E-state index in [4.69, 9.17) is 21.1 Å². The van der Waals surface area contributed by atoms with Crippen LogP contribution in [-0.2, 0) is 18.0 Å². The Bertz CT molecular complexity index is 2230. The van der Waals surface area contributed by atoms with Crippen LogP contribution in [0.5, 0.6) is 11.5 Å². The first-order valence-corrected chi connectivity index (χ1v) is 16.9. The summed E-state index contributed by atoms with van der Waals surface area (Å²) in [6.07, 6.45) is 4.91. The zero-order chi connectivity index (χ0) is 33.6. The summed E-state index contributed by atoms with van der Waals surface area (Å²) >= 11 is 7.78. The minimum absolute atomic E-state index is 0.167. The number of carboxylic acid groups (broad SMARTS) is 1. The Balaban J connectivity index is 1.32. The summed E-state index contributed by atoms with van der Waals surface area (Å²) in [6.45, 7) is 0.697. The smallest absolute Gasteiger partial charge is 0.336 e. The highest BCUT2D eigenvalue weighted by molar-refractivity contribution is 7.20. The van der Waals surface area contributed by atoms with Crippen LogP contribution in [0.15, 0.2) is 146 Å². The predicted octanol–water partition coefficient (Wildman–Crippen LogP) is 11.1. The number of hydrogen-bond acceptors (Lipinski definition) is 5. The minimum atomic E-state index is -1.03. The number of carbonyl (C=O) groups is 1. The second-order valence-electron chi connectivity index (χ2n) is 11.4. The Morgan fingerprint density at radius 1 is 0.694 bits per heavy atom. The Hall–Kier alpha value is -5.69. The molecule has 0 bridgehead atoms. The first-order chi connectivity index (χ1) is 24.0. The van der Waals surface area contributed by atoms with Crippen molar-refractivity contribution >= 4 is 50.6 Å². The topological polar surface area (TPSA) is 68.7 Å². The molecule has 0 aliphatic carbocycles. The van der Waals surface area contributed by atoms with Gasteiger partial charge in [0.15, 0.2) is 11.5 Å². The Morgan fingerprint density at radius 2 is 1.27 bits per heavy atom. The molecule has 0 aliphatic rings. The fraction of sp³-hybridized carbons (Fsp3) is 0.0476. The van der Waals surface area contributed by atoms with Crippen LogP contribution in [0.1, 0.15) is 21.6 Å². The number of nitrogens with zero attached hydrogens (tertiary/aromatic N) is 1. The molecule has 0 amide bonds. The van der Waals surface area contributed by atoms with Crippen LogP contribution in [0.2, 0.25) is 5.02 Å². The van der Waals surface area contributed by atoms with Crippen molar-refractivity contribution in [3.8, 4) is 33.8 Å². The van der Waals surface area contributed by atoms with Gasteiger partial charge >= 0.3 is 5.97 Å². The third kappa shape index (κ3) is 7.41. The number of thiophene rings is 1. The molecule has 0 spiro atoms. The van der Waals surface area contributed by atoms with E-state index in [-0.39, 0.29) is 5.57 Å². The van der Waals surface area contributed by atoms with Crippen LogP contribution < -0.4 is 9.47 Å². The lowest BCUT2D eigenvalue weighted by Crippen LogP contribution is -2.01. The number of benzene rings is 5. The number of fused-ring (bicyclic) bond motifs is 1. The average molecular weight is 680 g/mol. The Kier molecular flexibility index (Phi) is 9.50. The molecular formula is C42H30ClNO4S. The fourth-order valence-electron chi connectivity index (χ4n) is 5.62. The van der Waals surface area contributed by atoms with Crippen LogP contribution in [-0.4, -0.2) is 16.1 Å². The lowest BCUT2D eigenvalue weighted by atomic mass is 9.99. The molecule has 7 rings (SSSR count). The number of aromatic nitrogens is 1. The molecule has 5 nitrogen and oxygen atoms in total. The number of rotatable bonds is 11. The van der Waals surface area contributed by atoms with Gasteiger partial charge in [0, 0.05) is 44.0 Å². The van der Waals surface area contributed by atoms with E-state index < -0.39 is 5.97 Å². The number of pyridine rings is 1. The van der Waals surface area contributed by atoms with Gasteiger partial charge in [-0.1, -0.05) is 109 Å². The van der Waals surface area contributed by atoms with E-state index in [0.29, 0.717) is 35.3 Å². The molecule has 49 heavy (non-hydrogen) atoms. The number of hydrogen-bond donors (Lipinski definition) is 1. The van der Waals surface area contributed by atoms with Crippen molar-refractivity contribution in [2.24, 2.45) is 0 Å². The second-order valence-corrected chi connectivity index (χ2v) is 12.9. The summed E-state index contributed by atoms with van der Waals surface area (Å²) in [6, 6.07) is 43.5. The molecule has 0 fully saturated rings. The monoisotopic (exact) mass is 679 g/mol. The van der Waals surface area contributed by atoms with Gasteiger partial charge in [0.05, 0.1) is 5.57 Å². The molecular weight excluding hydrogens is 650 g/mol. The normalized spacial score (nSPS) is 11.4. The molecule has 7 aromatic rings. The molecule has 0 aliphatic heterocycles. The number of aliphatic carboxylic acids is 1. The summed E-state index contributed by atoms with van der Waals surface area (Å²) in [7, 11) is 0. The minimum Gasteiger partial charge on any atom is -0.485 e. The van der Waals surface area contributed by atoms with E-state index in [1.807, 2.05) is 84.9 Å². The van der Waals surface area contributed by atoms with Gasteiger partial charge in [-0.25, -0.2) is 4.79 Å². The Morgan fingerprint density at radius 3 is 1.92 bits per heavy atom. The molecule has 0 saturated heterocycles. The van der Waals surface area contributed by atoms with Gasteiger partial charge in [0.1, 0.15) is 13.2 Å². The molecule has 0 atom stereocenters. The van der Waals surface area contributed by atoms with Crippen LogP contribution in [0.3, 0.4) is 0 Å². The largest absolute Gasteiger partial charge is 0.485 e. The highest BCUT2D eigenvalue weighted by Crippen LogP contribution is 2.46. The van der Waals surface area contributed by atoms with E-state index in [2.05, 4.69) is 41.4 Å². The number of ether oxygens (including phenoxy) is 2. The quantitative estimate of drug-likeness (QED) is 0.138. The van der Waals surface area contributed by atoms with Gasteiger partial charge in [-0.3, -0.25) is 4.98 Å². The van der Waals surface area contributed by atoms with Gasteiger partial charge in [-0.15, -0.1) is 11.3 Å². The molecule has 0 saturated carbocycles. The van der Waals surface area contributed by atoms with Gasteiger partial charge in [0.2, 0.25) is 0 Å². The van der Waals surface area contributed by atoms with Crippen LogP contribution >= 0.6 is 22.9 Å². The second kappa shape index (κ2) is 14.6. The molecule has 0 radical (unpaired) electrons. The molecule has 1 N–H and O–H groups in total. The molecule has 2 aromatic heterocycles. The molecule has 240 valence electrons. The summed E-state index contributed by atoms with van der Waals surface area (Å²) in [4.78, 5) is 17.4. The Labute approximate surface area is 293 Å². The van der Waals surface area contributed by atoms with Crippen molar-refractivity contribution < 1.29 is 19.4 Å². The third-order valence-electron chi connectivity index (χ3n) is 8.10. The van der Waals surface area contributed by atoms with Gasteiger partial charge in [0.25, 0.3) is 0 Å². The van der Waals surface area contributed by atoms with Crippen molar-refractivity contribution in [1.82, 2.24) is 4.98 Å². The van der Waals surface area contributed by atoms with E-state index in [1.54, 1.807) is 30.6 Å². The summed E-state index contributed by atoms with van der Waals surface area (Å²) in [5.74, 6) is 0.163. The van der Waals surface area contributed by atoms with E-state index in [9.17, 15) is 9.90 Å². The number of carboxylic acids is 1. The van der Waals surface area contributed by atoms with Crippen molar-refractivity contribution in [3.63, 3.8) is 0 Å². The molecule has 0 unspecified atom stereocenters. The van der Waals surface area contributed by atoms with Crippen molar-refractivity contribution in [3.05, 3.63) is 172 Å². The summed E-state index contributed by atoms with van der Waals surface area (Å²) in [5, 5.41) is 11.8. The lowest BCUT2D eigenvalue weighted by molar-refractivity contribution is -0.130. The van der Waals surface area contributed by atoms with Crippen molar-refractivity contribution in [2.45, 2.75) is 13.2 Å². The average Bonchev–Trinajstić information content (AvgIpc) is 3.50. The SMILES string of the molecule is O=C(O)C(=Cc1sc2cc(OCc3ccccc3)c(OCc3ccc(-c4ccccc4)cc3)cc2c1-c1ccc(Cl)cc1)c1ccncc1. The first-order valence-electron chi connectivity index (χ1n) is 15.7. The zero-order valence-electron chi connectivity index (χ0n) is 26.3. The highest BCUT2D eigenvalue weighted by atomic mass is 35.5. The van der Waals surface area contributed by atoms with E-state index in [1.165, 1.54) is 11.3 Å². The zero-order valence-corrected chi connectivity index (χ0v) is 27.8. The highest BCUT2D eigenvalue weighted by Gasteiger charge is 2.20. The van der Waals surface area contributed by atoms with Gasteiger partial charge in [-0.2, -0.15) is 0 Å². The fourth-order valence-corrected chi connectivity index (χ4v) is 6.92. The van der Waals surface area contributed by atoms with Crippen molar-refractivity contribution in [1.29, 1.82) is 0 Å². The maximum absolute atomic E-state index is 12.5. The van der Waals surface area contributed by atoms with Gasteiger partial charge in [-0.05, 0) is 69.8 Å². The standard InChI is InChI=1S/C42H30ClNO4S/c43-34-17-15-33(16-18-34)41-36-23-37(47-27-29-11-13-31(14-12-29)30-9-5-2-6-10-30)38(48-26-28-7-3-1-4-8-28)25-39(36)49-40(41)24-35(42(45)46)32-19-21-44-22-20-32/h1-25H,26-27H2,(H,45,46). The molecule has 7 heteroatoms.